The number of nitrogens with one attached hydrogen (secondary N) is 1. The minimum atomic E-state index is 0.487. The first-order valence-electron chi connectivity index (χ1n) is 5.05. The number of hydrogen-bond donors (Lipinski definition) is 1. The van der Waals surface area contributed by atoms with Crippen molar-refractivity contribution >= 4 is 18.4 Å². The Morgan fingerprint density at radius 1 is 1.44 bits per heavy atom. The highest BCUT2D eigenvalue weighted by Crippen LogP contribution is 2.03. The number of aryl methyl sites for hydroxylation is 1. The van der Waals surface area contributed by atoms with Crippen molar-refractivity contribution in [3.63, 3.8) is 0 Å². The maximum atomic E-state index is 4.97. The normalized spacial score (nSPS) is 11.1. The lowest BCUT2D eigenvalue weighted by molar-refractivity contribution is 0.863. The highest BCUT2D eigenvalue weighted by Gasteiger charge is 1.91. The van der Waals surface area contributed by atoms with Gasteiger partial charge in [0.05, 0.1) is 6.21 Å². The van der Waals surface area contributed by atoms with E-state index in [4.69, 9.17) is 12.2 Å². The van der Waals surface area contributed by atoms with Crippen LogP contribution in [0.2, 0.25) is 0 Å². The van der Waals surface area contributed by atoms with Crippen LogP contribution in [0.4, 0.5) is 0 Å². The van der Waals surface area contributed by atoms with E-state index in [1.807, 2.05) is 12.1 Å². The lowest BCUT2D eigenvalue weighted by Gasteiger charge is -1.96. The molecule has 0 bridgehead atoms. The first-order chi connectivity index (χ1) is 7.79. The zero-order valence-corrected chi connectivity index (χ0v) is 9.74. The molecule has 1 heterocycles. The van der Waals surface area contributed by atoms with E-state index >= 15 is 0 Å². The average molecular weight is 232 g/mol. The SMILES string of the molecule is CCc1ccc(/C=N\n2cn[nH]c2=S)cc1. The molecule has 0 aliphatic carbocycles. The Labute approximate surface area is 98.6 Å². The van der Waals surface area contributed by atoms with E-state index in [0.717, 1.165) is 12.0 Å². The van der Waals surface area contributed by atoms with E-state index < -0.39 is 0 Å². The van der Waals surface area contributed by atoms with Gasteiger partial charge in [0.1, 0.15) is 6.33 Å². The lowest BCUT2D eigenvalue weighted by atomic mass is 10.1. The molecule has 0 unspecified atom stereocenters. The molecule has 1 aromatic heterocycles. The van der Waals surface area contributed by atoms with E-state index in [1.54, 1.807) is 12.5 Å². The predicted molar refractivity (Wildman–Crippen MR) is 66.2 cm³/mol. The fourth-order valence-electron chi connectivity index (χ4n) is 1.29. The second-order valence-corrected chi connectivity index (χ2v) is 3.73. The van der Waals surface area contributed by atoms with Crippen molar-refractivity contribution in [3.8, 4) is 0 Å². The molecular formula is C11H12N4S. The standard InChI is InChI=1S/C11H12N4S/c1-2-9-3-5-10(6-4-9)7-13-15-8-12-14-11(15)16/h3-8H,2H2,1H3,(H,14,16)/b13-7-. The summed E-state index contributed by atoms with van der Waals surface area (Å²) < 4.78 is 2.00. The summed E-state index contributed by atoms with van der Waals surface area (Å²) in [7, 11) is 0. The predicted octanol–water partition coefficient (Wildman–Crippen LogP) is 2.39. The Morgan fingerprint density at radius 3 is 2.75 bits per heavy atom. The average Bonchev–Trinajstić information content (AvgIpc) is 2.73. The van der Waals surface area contributed by atoms with Gasteiger partial charge in [-0.2, -0.15) is 14.9 Å². The fourth-order valence-corrected chi connectivity index (χ4v) is 1.44. The molecule has 1 N–H and O–H groups in total. The molecule has 16 heavy (non-hydrogen) atoms. The number of rotatable bonds is 3. The summed E-state index contributed by atoms with van der Waals surface area (Å²) in [5.74, 6) is 0. The number of H-pyrrole nitrogens is 1. The third-order valence-corrected chi connectivity index (χ3v) is 2.53. The molecule has 2 aromatic rings. The molecule has 82 valence electrons. The molecule has 0 saturated carbocycles. The molecule has 4 nitrogen and oxygen atoms in total. The molecule has 0 amide bonds. The van der Waals surface area contributed by atoms with Crippen molar-refractivity contribution in [2.45, 2.75) is 13.3 Å². The van der Waals surface area contributed by atoms with E-state index in [2.05, 4.69) is 34.4 Å². The second-order valence-electron chi connectivity index (χ2n) is 3.35. The lowest BCUT2D eigenvalue weighted by Crippen LogP contribution is -1.89. The van der Waals surface area contributed by atoms with E-state index in [1.165, 1.54) is 10.2 Å². The van der Waals surface area contributed by atoms with Crippen LogP contribution in [0.1, 0.15) is 18.1 Å². The molecule has 0 spiro atoms. The van der Waals surface area contributed by atoms with Crippen molar-refractivity contribution in [2.75, 3.05) is 0 Å². The van der Waals surface area contributed by atoms with Gasteiger partial charge < -0.3 is 0 Å². The van der Waals surface area contributed by atoms with Crippen LogP contribution in [-0.2, 0) is 6.42 Å². The Balaban J connectivity index is 2.18. The molecule has 1 aromatic carbocycles. The summed E-state index contributed by atoms with van der Waals surface area (Å²) in [5, 5.41) is 10.6. The zero-order valence-electron chi connectivity index (χ0n) is 8.92. The fraction of sp³-hybridized carbons (Fsp3) is 0.182. The Hall–Kier alpha value is -1.75. The van der Waals surface area contributed by atoms with Crippen LogP contribution in [0.25, 0.3) is 0 Å². The molecular weight excluding hydrogens is 220 g/mol. The van der Waals surface area contributed by atoms with Gasteiger partial charge in [0.2, 0.25) is 4.77 Å². The summed E-state index contributed by atoms with van der Waals surface area (Å²) in [6.45, 7) is 2.13. The number of nitrogens with zero attached hydrogens (tertiary/aromatic N) is 3. The molecule has 0 saturated heterocycles. The van der Waals surface area contributed by atoms with Gasteiger partial charge in [-0.15, -0.1) is 0 Å². The van der Waals surface area contributed by atoms with Gasteiger partial charge in [-0.1, -0.05) is 31.2 Å². The zero-order chi connectivity index (χ0) is 11.4. The van der Waals surface area contributed by atoms with E-state index in [0.29, 0.717) is 4.77 Å². The summed E-state index contributed by atoms with van der Waals surface area (Å²) in [5.41, 5.74) is 2.36. The summed E-state index contributed by atoms with van der Waals surface area (Å²) >= 11 is 4.97. The number of aromatic amines is 1. The first kappa shape index (κ1) is 10.8. The smallest absolute Gasteiger partial charge is 0.216 e. The molecule has 0 aliphatic heterocycles. The minimum absolute atomic E-state index is 0.487. The van der Waals surface area contributed by atoms with Crippen LogP contribution < -0.4 is 0 Å². The maximum Gasteiger partial charge on any atom is 0.216 e. The molecule has 0 radical (unpaired) electrons. The summed E-state index contributed by atoms with van der Waals surface area (Å²) in [6.07, 6.45) is 4.34. The Bertz CT molecular complexity index is 536. The number of hydrogen-bond acceptors (Lipinski definition) is 3. The van der Waals surface area contributed by atoms with Gasteiger partial charge in [0.15, 0.2) is 0 Å². The Morgan fingerprint density at radius 2 is 2.19 bits per heavy atom. The summed E-state index contributed by atoms with van der Waals surface area (Å²) in [4.78, 5) is 0. The molecule has 0 atom stereocenters. The van der Waals surface area contributed by atoms with Crippen molar-refractivity contribution in [2.24, 2.45) is 5.10 Å². The van der Waals surface area contributed by atoms with Crippen molar-refractivity contribution in [1.29, 1.82) is 0 Å². The van der Waals surface area contributed by atoms with Gasteiger partial charge in [0.25, 0.3) is 0 Å². The maximum absolute atomic E-state index is 4.97. The molecule has 0 fully saturated rings. The Kier molecular flexibility index (Phi) is 3.26. The molecule has 5 heteroatoms. The minimum Gasteiger partial charge on any atom is -0.250 e. The van der Waals surface area contributed by atoms with E-state index in [-0.39, 0.29) is 0 Å². The van der Waals surface area contributed by atoms with Crippen LogP contribution in [0.15, 0.2) is 35.7 Å². The monoisotopic (exact) mass is 232 g/mol. The van der Waals surface area contributed by atoms with Crippen LogP contribution in [0.5, 0.6) is 0 Å². The van der Waals surface area contributed by atoms with Gasteiger partial charge in [-0.25, -0.2) is 0 Å². The van der Waals surface area contributed by atoms with Crippen molar-refractivity contribution in [1.82, 2.24) is 14.9 Å². The van der Waals surface area contributed by atoms with Crippen LogP contribution in [0.3, 0.4) is 0 Å². The van der Waals surface area contributed by atoms with Crippen molar-refractivity contribution in [3.05, 3.63) is 46.5 Å². The second kappa shape index (κ2) is 4.85. The third kappa shape index (κ3) is 2.43. The van der Waals surface area contributed by atoms with Gasteiger partial charge in [-0.3, -0.25) is 5.10 Å². The quantitative estimate of drug-likeness (QED) is 0.652. The third-order valence-electron chi connectivity index (χ3n) is 2.25. The van der Waals surface area contributed by atoms with Crippen LogP contribution in [-0.4, -0.2) is 21.1 Å². The number of aromatic nitrogens is 3. The summed E-state index contributed by atoms with van der Waals surface area (Å²) in [6, 6.07) is 8.25. The highest BCUT2D eigenvalue weighted by molar-refractivity contribution is 7.71. The topological polar surface area (TPSA) is 46.0 Å². The van der Waals surface area contributed by atoms with Gasteiger partial charge >= 0.3 is 0 Å². The van der Waals surface area contributed by atoms with E-state index in [9.17, 15) is 0 Å². The van der Waals surface area contributed by atoms with Crippen molar-refractivity contribution < 1.29 is 0 Å². The largest absolute Gasteiger partial charge is 0.250 e. The first-order valence-corrected chi connectivity index (χ1v) is 5.45. The van der Waals surface area contributed by atoms with Gasteiger partial charge in [-0.05, 0) is 29.8 Å². The van der Waals surface area contributed by atoms with Gasteiger partial charge in [0, 0.05) is 0 Å². The number of benzene rings is 1. The molecule has 2 rings (SSSR count). The highest BCUT2D eigenvalue weighted by atomic mass is 32.1. The van der Waals surface area contributed by atoms with Crippen LogP contribution >= 0.6 is 12.2 Å². The molecule has 0 aliphatic rings. The van der Waals surface area contributed by atoms with Crippen LogP contribution in [0, 0.1) is 4.77 Å².